The molecule has 1 amide bonds. The largest absolute Gasteiger partial charge is 0.446 e. The number of nitrogens with zero attached hydrogens (tertiary/aromatic N) is 2. The van der Waals surface area contributed by atoms with Crippen molar-refractivity contribution in [2.75, 3.05) is 40.3 Å². The molecule has 1 heterocycles. The van der Waals surface area contributed by atoms with E-state index >= 15 is 0 Å². The van der Waals surface area contributed by atoms with E-state index in [4.69, 9.17) is 4.74 Å². The Morgan fingerprint density at radius 1 is 0.824 bits per heavy atom. The molecular weight excluding hydrogens is 420 g/mol. The molecule has 4 aromatic rings. The highest BCUT2D eigenvalue weighted by Crippen LogP contribution is 2.39. The average molecular weight is 454 g/mol. The molecule has 0 unspecified atom stereocenters. The topological polar surface area (TPSA) is 29.5 Å². The molecule has 0 N–H and O–H groups in total. The van der Waals surface area contributed by atoms with Gasteiger partial charge in [0.1, 0.15) is 6.10 Å². The number of fused-ring (bicyclic) bond motifs is 2. The van der Waals surface area contributed by atoms with Gasteiger partial charge in [0.25, 0.3) is 0 Å². The van der Waals surface area contributed by atoms with Gasteiger partial charge in [0.15, 0.2) is 0 Å². The standard InChI is InChI=1S/C30H33N2O2/c1-22(34-30(33)31-17-19-32(2,3)20-18-31)21-28-24-13-7-9-15-26(24)29(23-11-5-4-6-12-23)27-16-10-8-14-25(27)28/h4-16,22H,17-21H2,1-3H3/q+1/t22-/m1/s1. The van der Waals surface area contributed by atoms with Crippen LogP contribution in [-0.4, -0.2) is 61.9 Å². The molecule has 0 bridgehead atoms. The highest BCUT2D eigenvalue weighted by atomic mass is 16.6. The minimum absolute atomic E-state index is 0.193. The second kappa shape index (κ2) is 9.11. The molecule has 34 heavy (non-hydrogen) atoms. The summed E-state index contributed by atoms with van der Waals surface area (Å²) in [6, 6.07) is 27.8. The Kier molecular flexibility index (Phi) is 6.01. The summed E-state index contributed by atoms with van der Waals surface area (Å²) < 4.78 is 6.90. The number of hydrogen-bond donors (Lipinski definition) is 0. The van der Waals surface area contributed by atoms with Crippen LogP contribution < -0.4 is 0 Å². The smallest absolute Gasteiger partial charge is 0.410 e. The molecule has 0 spiro atoms. The lowest BCUT2D eigenvalue weighted by Crippen LogP contribution is -2.56. The van der Waals surface area contributed by atoms with E-state index in [1.165, 1.54) is 38.2 Å². The maximum atomic E-state index is 12.9. The van der Waals surface area contributed by atoms with Crippen LogP contribution in [0.15, 0.2) is 78.9 Å². The Morgan fingerprint density at radius 2 is 1.32 bits per heavy atom. The minimum Gasteiger partial charge on any atom is -0.446 e. The van der Waals surface area contributed by atoms with Gasteiger partial charge in [-0.2, -0.15) is 0 Å². The molecule has 174 valence electrons. The van der Waals surface area contributed by atoms with Gasteiger partial charge in [0.2, 0.25) is 0 Å². The van der Waals surface area contributed by atoms with Crippen molar-refractivity contribution in [3.05, 3.63) is 84.4 Å². The fourth-order valence-corrected chi connectivity index (χ4v) is 5.12. The fraction of sp³-hybridized carbons (Fsp3) is 0.300. The van der Waals surface area contributed by atoms with Gasteiger partial charge in [-0.15, -0.1) is 0 Å². The lowest BCUT2D eigenvalue weighted by atomic mass is 9.87. The molecule has 4 heteroatoms. The van der Waals surface area contributed by atoms with Gasteiger partial charge in [0.05, 0.1) is 40.3 Å². The van der Waals surface area contributed by atoms with Crippen molar-refractivity contribution in [3.63, 3.8) is 0 Å². The van der Waals surface area contributed by atoms with Crippen LogP contribution in [0.2, 0.25) is 0 Å². The Morgan fingerprint density at radius 3 is 1.88 bits per heavy atom. The van der Waals surface area contributed by atoms with Crippen molar-refractivity contribution in [3.8, 4) is 11.1 Å². The summed E-state index contributed by atoms with van der Waals surface area (Å²) >= 11 is 0. The first-order valence-corrected chi connectivity index (χ1v) is 12.2. The number of piperazine rings is 1. The van der Waals surface area contributed by atoms with E-state index in [1.807, 2.05) is 11.8 Å². The third kappa shape index (κ3) is 4.38. The summed E-state index contributed by atoms with van der Waals surface area (Å²) in [5.74, 6) is 0. The Balaban J connectivity index is 1.50. The fourth-order valence-electron chi connectivity index (χ4n) is 5.12. The zero-order valence-electron chi connectivity index (χ0n) is 20.3. The normalized spacial score (nSPS) is 16.5. The summed E-state index contributed by atoms with van der Waals surface area (Å²) in [6.45, 7) is 5.42. The Labute approximate surface area is 202 Å². The van der Waals surface area contributed by atoms with E-state index in [1.54, 1.807) is 0 Å². The zero-order chi connectivity index (χ0) is 23.7. The molecule has 0 radical (unpaired) electrons. The number of quaternary nitrogens is 1. The predicted octanol–water partition coefficient (Wildman–Crippen LogP) is 6.12. The number of benzene rings is 4. The molecule has 1 fully saturated rings. The van der Waals surface area contributed by atoms with Crippen LogP contribution in [0.4, 0.5) is 4.79 Å². The van der Waals surface area contributed by atoms with Gasteiger partial charge in [-0.1, -0.05) is 78.9 Å². The van der Waals surface area contributed by atoms with Crippen LogP contribution in [0, 0.1) is 0 Å². The van der Waals surface area contributed by atoms with Crippen molar-refractivity contribution in [2.24, 2.45) is 0 Å². The first-order chi connectivity index (χ1) is 16.4. The number of amides is 1. The monoisotopic (exact) mass is 453 g/mol. The van der Waals surface area contributed by atoms with Crippen molar-refractivity contribution < 1.29 is 14.0 Å². The first kappa shape index (κ1) is 22.4. The van der Waals surface area contributed by atoms with Crippen LogP contribution in [0.5, 0.6) is 0 Å². The summed E-state index contributed by atoms with van der Waals surface area (Å²) in [6.07, 6.45) is 0.269. The van der Waals surface area contributed by atoms with Crippen molar-refractivity contribution >= 4 is 27.6 Å². The van der Waals surface area contributed by atoms with Crippen LogP contribution >= 0.6 is 0 Å². The van der Waals surface area contributed by atoms with Gasteiger partial charge in [-0.3, -0.25) is 4.90 Å². The second-order valence-electron chi connectivity index (χ2n) is 10.1. The molecule has 1 aliphatic heterocycles. The SMILES string of the molecule is C[C@H](Cc1c2ccccc2c(-c2ccccc2)c2ccccc12)OC(=O)N1CC[N+](C)(C)CC1. The van der Waals surface area contributed by atoms with Crippen molar-refractivity contribution in [1.82, 2.24) is 4.90 Å². The van der Waals surface area contributed by atoms with Crippen molar-refractivity contribution in [2.45, 2.75) is 19.4 Å². The highest BCUT2D eigenvalue weighted by Gasteiger charge is 2.29. The van der Waals surface area contributed by atoms with E-state index in [-0.39, 0.29) is 12.2 Å². The van der Waals surface area contributed by atoms with Crippen LogP contribution in [0.1, 0.15) is 12.5 Å². The first-order valence-electron chi connectivity index (χ1n) is 12.2. The average Bonchev–Trinajstić information content (AvgIpc) is 2.84. The maximum absolute atomic E-state index is 12.9. The van der Waals surface area contributed by atoms with Gasteiger partial charge in [0, 0.05) is 6.42 Å². The summed E-state index contributed by atoms with van der Waals surface area (Å²) in [7, 11) is 4.42. The third-order valence-electron chi connectivity index (χ3n) is 7.11. The number of ether oxygens (including phenoxy) is 1. The zero-order valence-corrected chi connectivity index (χ0v) is 20.3. The van der Waals surface area contributed by atoms with Gasteiger partial charge in [-0.05, 0) is 45.2 Å². The van der Waals surface area contributed by atoms with Gasteiger partial charge in [-0.25, -0.2) is 4.79 Å². The van der Waals surface area contributed by atoms with Crippen molar-refractivity contribution in [1.29, 1.82) is 0 Å². The number of carbonyl (C=O) groups is 1. The van der Waals surface area contributed by atoms with Crippen LogP contribution in [0.3, 0.4) is 0 Å². The number of rotatable bonds is 4. The molecular formula is C30H33N2O2+. The van der Waals surface area contributed by atoms with Gasteiger partial charge >= 0.3 is 6.09 Å². The molecule has 1 atom stereocenters. The minimum atomic E-state index is -0.216. The van der Waals surface area contributed by atoms with Crippen LogP contribution in [0.25, 0.3) is 32.7 Å². The molecule has 0 aliphatic carbocycles. The number of hydrogen-bond acceptors (Lipinski definition) is 2. The second-order valence-corrected chi connectivity index (χ2v) is 10.1. The molecule has 4 aromatic carbocycles. The summed E-state index contributed by atoms with van der Waals surface area (Å²) in [5.41, 5.74) is 3.71. The summed E-state index contributed by atoms with van der Waals surface area (Å²) in [5, 5.41) is 4.91. The molecule has 1 saturated heterocycles. The van der Waals surface area contributed by atoms with Gasteiger partial charge < -0.3 is 9.22 Å². The van der Waals surface area contributed by atoms with Crippen LogP contribution in [-0.2, 0) is 11.2 Å². The van der Waals surface area contributed by atoms with E-state index in [0.29, 0.717) is 6.42 Å². The predicted molar refractivity (Wildman–Crippen MR) is 140 cm³/mol. The third-order valence-corrected chi connectivity index (χ3v) is 7.11. The number of likely N-dealkylation sites (N-methyl/N-ethyl adjacent to an activating group) is 1. The molecule has 0 aromatic heterocycles. The Hall–Kier alpha value is -3.37. The highest BCUT2D eigenvalue weighted by molar-refractivity contribution is 6.15. The summed E-state index contributed by atoms with van der Waals surface area (Å²) in [4.78, 5) is 14.7. The van der Waals surface area contributed by atoms with E-state index in [9.17, 15) is 4.79 Å². The van der Waals surface area contributed by atoms with E-state index in [0.717, 1.165) is 30.7 Å². The molecule has 1 aliphatic rings. The lowest BCUT2D eigenvalue weighted by molar-refractivity contribution is -0.894. The Bertz CT molecular complexity index is 1260. The number of carbonyl (C=O) groups excluding carboxylic acids is 1. The lowest BCUT2D eigenvalue weighted by Gasteiger charge is -2.38. The molecule has 4 nitrogen and oxygen atoms in total. The molecule has 0 saturated carbocycles. The van der Waals surface area contributed by atoms with E-state index in [2.05, 4.69) is 93.0 Å². The van der Waals surface area contributed by atoms with E-state index < -0.39 is 0 Å². The maximum Gasteiger partial charge on any atom is 0.410 e. The quantitative estimate of drug-likeness (QED) is 0.275. The molecule has 5 rings (SSSR count).